The molecule has 2 N–H and O–H groups in total. The van der Waals surface area contributed by atoms with Gasteiger partial charge in [0.1, 0.15) is 13.1 Å². The van der Waals surface area contributed by atoms with Crippen molar-refractivity contribution in [1.29, 1.82) is 0 Å². The van der Waals surface area contributed by atoms with Crippen LogP contribution < -0.4 is 5.32 Å². The second-order valence-electron chi connectivity index (χ2n) is 5.88. The van der Waals surface area contributed by atoms with Crippen molar-refractivity contribution in [3.8, 4) is 0 Å². The number of aromatic nitrogens is 2. The van der Waals surface area contributed by atoms with Crippen molar-refractivity contribution in [3.05, 3.63) is 18.0 Å². The normalized spacial score (nSPS) is 15.2. The largest absolute Gasteiger partial charge is 0.480 e. The lowest BCUT2D eigenvalue weighted by atomic mass is 9.95. The minimum Gasteiger partial charge on any atom is -0.480 e. The van der Waals surface area contributed by atoms with Gasteiger partial charge in [0.25, 0.3) is 5.91 Å². The molecular formula is C15H22N4O4. The number of hydrogen-bond donors (Lipinski definition) is 2. The van der Waals surface area contributed by atoms with E-state index in [4.69, 9.17) is 5.11 Å². The molecule has 1 aliphatic rings. The Morgan fingerprint density at radius 2 is 2.04 bits per heavy atom. The van der Waals surface area contributed by atoms with E-state index in [0.717, 1.165) is 30.6 Å². The molecule has 1 aromatic heterocycles. The Kier molecular flexibility index (Phi) is 5.72. The van der Waals surface area contributed by atoms with E-state index in [2.05, 4.69) is 10.4 Å². The number of aliphatic carboxylic acids is 1. The lowest BCUT2D eigenvalue weighted by Crippen LogP contribution is -2.38. The van der Waals surface area contributed by atoms with Crippen LogP contribution in [-0.2, 0) is 16.1 Å². The summed E-state index contributed by atoms with van der Waals surface area (Å²) < 4.78 is 1.39. The first-order chi connectivity index (χ1) is 11.0. The van der Waals surface area contributed by atoms with Crippen LogP contribution in [0.1, 0.15) is 42.5 Å². The molecule has 0 bridgehead atoms. The maximum Gasteiger partial charge on any atom is 0.323 e. The molecule has 0 unspecified atom stereocenters. The molecule has 8 heteroatoms. The van der Waals surface area contributed by atoms with Crippen LogP contribution in [0.2, 0.25) is 0 Å². The molecular weight excluding hydrogens is 300 g/mol. The third-order valence-electron chi connectivity index (χ3n) is 3.88. The smallest absolute Gasteiger partial charge is 0.323 e. The Morgan fingerprint density at radius 1 is 1.35 bits per heavy atom. The summed E-state index contributed by atoms with van der Waals surface area (Å²) in [5.74, 6) is -1.65. The number of nitrogens with one attached hydrogen (secondary N) is 1. The topological polar surface area (TPSA) is 105 Å². The fourth-order valence-electron chi connectivity index (χ4n) is 2.72. The first kappa shape index (κ1) is 17.0. The van der Waals surface area contributed by atoms with Crippen molar-refractivity contribution in [3.63, 3.8) is 0 Å². The fraction of sp³-hybridized carbons (Fsp3) is 0.600. The summed E-state index contributed by atoms with van der Waals surface area (Å²) in [6.45, 7) is -0.335. The summed E-state index contributed by atoms with van der Waals surface area (Å²) >= 11 is 0. The Hall–Kier alpha value is -2.38. The molecule has 8 nitrogen and oxygen atoms in total. The molecule has 0 atom stereocenters. The predicted molar refractivity (Wildman–Crippen MR) is 81.8 cm³/mol. The number of carbonyl (C=O) groups is 3. The molecule has 0 radical (unpaired) electrons. The predicted octanol–water partition coefficient (Wildman–Crippen LogP) is 0.489. The number of carboxylic acid groups (broad SMARTS) is 1. The number of hydrogen-bond acceptors (Lipinski definition) is 4. The Balaban J connectivity index is 1.87. The molecule has 23 heavy (non-hydrogen) atoms. The van der Waals surface area contributed by atoms with Crippen molar-refractivity contribution in [1.82, 2.24) is 20.0 Å². The molecule has 2 amide bonds. The standard InChI is InChI=1S/C15H22N4O4/c1-18(10-14(21)22)15(23)11-7-16-19(8-11)9-13(20)17-12-5-3-2-4-6-12/h7-8,12H,2-6,9-10H2,1H3,(H,17,20)(H,21,22). The number of nitrogens with zero attached hydrogens (tertiary/aromatic N) is 3. The van der Waals surface area contributed by atoms with Gasteiger partial charge in [-0.2, -0.15) is 5.10 Å². The summed E-state index contributed by atoms with van der Waals surface area (Å²) in [5, 5.41) is 15.7. The molecule has 0 spiro atoms. The number of carboxylic acids is 1. The summed E-state index contributed by atoms with van der Waals surface area (Å²) in [6.07, 6.45) is 8.32. The summed E-state index contributed by atoms with van der Waals surface area (Å²) in [6, 6.07) is 0.231. The van der Waals surface area contributed by atoms with Crippen LogP contribution in [0.15, 0.2) is 12.4 Å². The first-order valence-corrected chi connectivity index (χ1v) is 7.75. The minimum atomic E-state index is -1.08. The zero-order valence-electron chi connectivity index (χ0n) is 13.2. The van der Waals surface area contributed by atoms with E-state index in [9.17, 15) is 14.4 Å². The van der Waals surface area contributed by atoms with E-state index in [1.54, 1.807) is 0 Å². The van der Waals surface area contributed by atoms with E-state index in [1.165, 1.54) is 30.5 Å². The van der Waals surface area contributed by atoms with Crippen LogP contribution in [-0.4, -0.2) is 57.2 Å². The van der Waals surface area contributed by atoms with Gasteiger partial charge in [-0.1, -0.05) is 19.3 Å². The van der Waals surface area contributed by atoms with E-state index < -0.39 is 11.9 Å². The van der Waals surface area contributed by atoms with Gasteiger partial charge >= 0.3 is 5.97 Å². The summed E-state index contributed by atoms with van der Waals surface area (Å²) in [7, 11) is 1.41. The van der Waals surface area contributed by atoms with E-state index in [-0.39, 0.29) is 30.6 Å². The number of likely N-dealkylation sites (N-methyl/N-ethyl adjacent to an activating group) is 1. The quantitative estimate of drug-likeness (QED) is 0.793. The molecule has 1 aromatic rings. The SMILES string of the molecule is CN(CC(=O)O)C(=O)c1cnn(CC(=O)NC2CCCCC2)c1. The molecule has 2 rings (SSSR count). The van der Waals surface area contributed by atoms with Crippen LogP contribution in [0.4, 0.5) is 0 Å². The van der Waals surface area contributed by atoms with Crippen molar-refractivity contribution >= 4 is 17.8 Å². The lowest BCUT2D eigenvalue weighted by molar-refractivity contribution is -0.137. The zero-order chi connectivity index (χ0) is 16.8. The van der Waals surface area contributed by atoms with Crippen LogP contribution in [0.5, 0.6) is 0 Å². The summed E-state index contributed by atoms with van der Waals surface area (Å²) in [5.41, 5.74) is 0.263. The van der Waals surface area contributed by atoms with Crippen LogP contribution >= 0.6 is 0 Å². The van der Waals surface area contributed by atoms with Crippen molar-refractivity contribution in [2.75, 3.05) is 13.6 Å². The Labute approximate surface area is 134 Å². The number of carbonyl (C=O) groups excluding carboxylic acids is 2. The third-order valence-corrected chi connectivity index (χ3v) is 3.88. The van der Waals surface area contributed by atoms with Gasteiger partial charge in [0, 0.05) is 19.3 Å². The van der Waals surface area contributed by atoms with Gasteiger partial charge in [-0.3, -0.25) is 19.1 Å². The van der Waals surface area contributed by atoms with Gasteiger partial charge in [0.15, 0.2) is 0 Å². The highest BCUT2D eigenvalue weighted by atomic mass is 16.4. The van der Waals surface area contributed by atoms with Crippen LogP contribution in [0.3, 0.4) is 0 Å². The second-order valence-corrected chi connectivity index (χ2v) is 5.88. The highest BCUT2D eigenvalue weighted by molar-refractivity contribution is 5.95. The summed E-state index contributed by atoms with van der Waals surface area (Å²) in [4.78, 5) is 35.7. The van der Waals surface area contributed by atoms with Crippen molar-refractivity contribution in [2.45, 2.75) is 44.7 Å². The highest BCUT2D eigenvalue weighted by Gasteiger charge is 2.18. The van der Waals surface area contributed by atoms with Crippen molar-refractivity contribution < 1.29 is 19.5 Å². The molecule has 0 aromatic carbocycles. The average Bonchev–Trinajstić information content (AvgIpc) is 2.95. The maximum absolute atomic E-state index is 12.0. The molecule has 1 aliphatic carbocycles. The van der Waals surface area contributed by atoms with E-state index in [0.29, 0.717) is 0 Å². The highest BCUT2D eigenvalue weighted by Crippen LogP contribution is 2.17. The molecule has 126 valence electrons. The maximum atomic E-state index is 12.0. The molecule has 1 saturated carbocycles. The van der Waals surface area contributed by atoms with Crippen LogP contribution in [0.25, 0.3) is 0 Å². The second kappa shape index (κ2) is 7.75. The van der Waals surface area contributed by atoms with Gasteiger partial charge in [-0.15, -0.1) is 0 Å². The monoisotopic (exact) mass is 322 g/mol. The lowest BCUT2D eigenvalue weighted by Gasteiger charge is -2.22. The van der Waals surface area contributed by atoms with E-state index in [1.807, 2.05) is 0 Å². The van der Waals surface area contributed by atoms with E-state index >= 15 is 0 Å². The molecule has 1 heterocycles. The number of amides is 2. The average molecular weight is 322 g/mol. The van der Waals surface area contributed by atoms with Crippen molar-refractivity contribution in [2.24, 2.45) is 0 Å². The third kappa shape index (κ3) is 5.08. The molecule has 1 fully saturated rings. The fourth-order valence-corrected chi connectivity index (χ4v) is 2.72. The first-order valence-electron chi connectivity index (χ1n) is 7.75. The Morgan fingerprint density at radius 3 is 2.70 bits per heavy atom. The van der Waals surface area contributed by atoms with Gasteiger partial charge in [0.05, 0.1) is 11.8 Å². The molecule has 0 saturated heterocycles. The number of rotatable bonds is 6. The van der Waals surface area contributed by atoms with Gasteiger partial charge in [-0.25, -0.2) is 0 Å². The van der Waals surface area contributed by atoms with Gasteiger partial charge in [-0.05, 0) is 12.8 Å². The Bertz CT molecular complexity index is 578. The van der Waals surface area contributed by atoms with Crippen LogP contribution in [0, 0.1) is 0 Å². The molecule has 0 aliphatic heterocycles. The van der Waals surface area contributed by atoms with Gasteiger partial charge < -0.3 is 15.3 Å². The van der Waals surface area contributed by atoms with Gasteiger partial charge in [0.2, 0.25) is 5.91 Å². The zero-order valence-corrected chi connectivity index (χ0v) is 13.2. The minimum absolute atomic E-state index is 0.0480.